The summed E-state index contributed by atoms with van der Waals surface area (Å²) in [6, 6.07) is 28.0. The second kappa shape index (κ2) is 16.0. The molecule has 4 rings (SSSR count). The van der Waals surface area contributed by atoms with Gasteiger partial charge >= 0.3 is 0 Å². The number of hydrogen-bond donors (Lipinski definition) is 3. The van der Waals surface area contributed by atoms with Crippen LogP contribution in [0.15, 0.2) is 108 Å². The molecule has 0 spiro atoms. The highest BCUT2D eigenvalue weighted by Gasteiger charge is 2.20. The fourth-order valence-corrected chi connectivity index (χ4v) is 5.46. The topological polar surface area (TPSA) is 96.5 Å². The Bertz CT molecular complexity index is 1650. The Balaban J connectivity index is 1.49. The third-order valence-corrected chi connectivity index (χ3v) is 8.47. The fourth-order valence-electron chi connectivity index (χ4n) is 4.09. The van der Waals surface area contributed by atoms with Gasteiger partial charge in [-0.05, 0) is 85.6 Å². The van der Waals surface area contributed by atoms with E-state index in [0.29, 0.717) is 40.6 Å². The molecule has 0 bridgehead atoms. The molecule has 226 valence electrons. The summed E-state index contributed by atoms with van der Waals surface area (Å²) in [6.45, 7) is 4.42. The first-order valence-electron chi connectivity index (χ1n) is 13.9. The van der Waals surface area contributed by atoms with Crippen LogP contribution in [-0.4, -0.2) is 29.6 Å². The number of benzene rings is 4. The van der Waals surface area contributed by atoms with Crippen molar-refractivity contribution in [2.24, 2.45) is 0 Å². The van der Waals surface area contributed by atoms with Gasteiger partial charge in [0.25, 0.3) is 11.8 Å². The number of carbonyl (C=O) groups excluding carboxylic acids is 3. The van der Waals surface area contributed by atoms with Crippen molar-refractivity contribution in [1.29, 1.82) is 0 Å². The normalized spacial score (nSPS) is 11.8. The third kappa shape index (κ3) is 9.13. The minimum Gasteiger partial charge on any atom is -0.494 e. The number of rotatable bonds is 12. The molecular formula is C34H31Cl2N3O4S. The monoisotopic (exact) mass is 647 g/mol. The van der Waals surface area contributed by atoms with Gasteiger partial charge in [-0.15, -0.1) is 11.8 Å². The largest absolute Gasteiger partial charge is 0.494 e. The molecule has 7 nitrogen and oxygen atoms in total. The summed E-state index contributed by atoms with van der Waals surface area (Å²) in [7, 11) is 0. The maximum Gasteiger partial charge on any atom is 0.272 e. The lowest BCUT2D eigenvalue weighted by atomic mass is 10.1. The van der Waals surface area contributed by atoms with E-state index < -0.39 is 11.8 Å². The number of thioether (sulfide) groups is 1. The first kappa shape index (κ1) is 32.7. The average molecular weight is 649 g/mol. The highest BCUT2D eigenvalue weighted by atomic mass is 35.5. The number of amides is 3. The van der Waals surface area contributed by atoms with Crippen molar-refractivity contribution < 1.29 is 19.1 Å². The molecule has 1 atom stereocenters. The van der Waals surface area contributed by atoms with Gasteiger partial charge in [0.1, 0.15) is 11.4 Å². The number of halogens is 2. The Morgan fingerprint density at radius 1 is 0.841 bits per heavy atom. The van der Waals surface area contributed by atoms with Crippen LogP contribution < -0.4 is 20.7 Å². The van der Waals surface area contributed by atoms with E-state index in [0.717, 1.165) is 10.6 Å². The lowest BCUT2D eigenvalue weighted by Gasteiger charge is -2.16. The van der Waals surface area contributed by atoms with E-state index in [1.165, 1.54) is 17.8 Å². The molecular weight excluding hydrogens is 617 g/mol. The second-order valence-electron chi connectivity index (χ2n) is 9.46. The molecule has 3 amide bonds. The summed E-state index contributed by atoms with van der Waals surface area (Å²) in [5.41, 5.74) is 1.98. The van der Waals surface area contributed by atoms with Crippen molar-refractivity contribution in [3.8, 4) is 5.75 Å². The van der Waals surface area contributed by atoms with Crippen LogP contribution >= 0.6 is 35.0 Å². The van der Waals surface area contributed by atoms with E-state index in [4.69, 9.17) is 27.9 Å². The Morgan fingerprint density at radius 3 is 2.27 bits per heavy atom. The molecule has 0 aliphatic heterocycles. The zero-order chi connectivity index (χ0) is 31.5. The van der Waals surface area contributed by atoms with Crippen LogP contribution in [0.3, 0.4) is 0 Å². The summed E-state index contributed by atoms with van der Waals surface area (Å²) in [6.07, 6.45) is 2.06. The Kier molecular flexibility index (Phi) is 11.9. The van der Waals surface area contributed by atoms with Gasteiger partial charge in [-0.25, -0.2) is 0 Å². The molecule has 10 heteroatoms. The van der Waals surface area contributed by atoms with Gasteiger partial charge in [-0.3, -0.25) is 14.4 Å². The highest BCUT2D eigenvalue weighted by Crippen LogP contribution is 2.30. The van der Waals surface area contributed by atoms with Gasteiger partial charge in [0.2, 0.25) is 5.91 Å². The summed E-state index contributed by atoms with van der Waals surface area (Å²) in [4.78, 5) is 40.3. The minimum atomic E-state index is -0.562. The lowest BCUT2D eigenvalue weighted by Crippen LogP contribution is -2.30. The standard InChI is InChI=1S/C34H31Cl2N3O4S/c1-3-30(34(42)37-24-16-18-26(19-17-24)43-4-2)44-27-14-9-13-25(21-27)38-33(41)29(20-23-12-8-15-28(35)31(23)36)39-32(40)22-10-6-5-7-11-22/h5-21,30H,3-4H2,1-2H3,(H,37,42)(H,38,41)(H,39,40)/b29-20+. The van der Waals surface area contributed by atoms with Crippen LogP contribution in [0.5, 0.6) is 5.75 Å². The average Bonchev–Trinajstić information content (AvgIpc) is 3.03. The zero-order valence-electron chi connectivity index (χ0n) is 24.1. The van der Waals surface area contributed by atoms with Crippen molar-refractivity contribution in [3.05, 3.63) is 124 Å². The quantitative estimate of drug-likeness (QED) is 0.106. The number of carbonyl (C=O) groups is 3. The predicted octanol–water partition coefficient (Wildman–Crippen LogP) is 8.31. The fraction of sp³-hybridized carbons (Fsp3) is 0.147. The van der Waals surface area contributed by atoms with E-state index in [1.807, 2.05) is 32.0 Å². The van der Waals surface area contributed by atoms with Gasteiger partial charge < -0.3 is 20.7 Å². The summed E-state index contributed by atoms with van der Waals surface area (Å²) < 4.78 is 5.46. The van der Waals surface area contributed by atoms with Gasteiger partial charge in [0.15, 0.2) is 0 Å². The van der Waals surface area contributed by atoms with Crippen LogP contribution in [0.4, 0.5) is 11.4 Å². The lowest BCUT2D eigenvalue weighted by molar-refractivity contribution is -0.116. The molecule has 0 aromatic heterocycles. The van der Waals surface area contributed by atoms with E-state index in [1.54, 1.807) is 78.9 Å². The van der Waals surface area contributed by atoms with Gasteiger partial charge in [-0.2, -0.15) is 0 Å². The number of nitrogens with one attached hydrogen (secondary N) is 3. The van der Waals surface area contributed by atoms with E-state index in [2.05, 4.69) is 16.0 Å². The van der Waals surface area contributed by atoms with Crippen molar-refractivity contribution in [3.63, 3.8) is 0 Å². The molecule has 0 heterocycles. The van der Waals surface area contributed by atoms with E-state index in [9.17, 15) is 14.4 Å². The van der Waals surface area contributed by atoms with Crippen molar-refractivity contribution in [2.75, 3.05) is 17.2 Å². The van der Waals surface area contributed by atoms with Crippen LogP contribution in [0.25, 0.3) is 6.08 Å². The number of hydrogen-bond acceptors (Lipinski definition) is 5. The number of anilines is 2. The molecule has 0 radical (unpaired) electrons. The smallest absolute Gasteiger partial charge is 0.272 e. The van der Waals surface area contributed by atoms with Crippen molar-refractivity contribution in [1.82, 2.24) is 5.32 Å². The molecule has 0 saturated heterocycles. The molecule has 0 aliphatic rings. The summed E-state index contributed by atoms with van der Waals surface area (Å²) >= 11 is 13.9. The van der Waals surface area contributed by atoms with Crippen molar-refractivity contribution >= 4 is 70.1 Å². The first-order valence-corrected chi connectivity index (χ1v) is 15.5. The predicted molar refractivity (Wildman–Crippen MR) is 180 cm³/mol. The second-order valence-corrected chi connectivity index (χ2v) is 11.5. The first-order chi connectivity index (χ1) is 21.3. The maximum absolute atomic E-state index is 13.5. The molecule has 0 aliphatic carbocycles. The Labute approximate surface area is 271 Å². The SMILES string of the molecule is CCOc1ccc(NC(=O)C(CC)Sc2cccc(NC(=O)/C(=C\c3cccc(Cl)c3Cl)NC(=O)c3ccccc3)c2)cc1. The zero-order valence-corrected chi connectivity index (χ0v) is 26.4. The number of ether oxygens (including phenoxy) is 1. The van der Waals surface area contributed by atoms with Crippen LogP contribution in [0, 0.1) is 0 Å². The van der Waals surface area contributed by atoms with Gasteiger partial charge in [-0.1, -0.05) is 66.5 Å². The van der Waals surface area contributed by atoms with Crippen LogP contribution in [0.2, 0.25) is 10.0 Å². The van der Waals surface area contributed by atoms with Crippen molar-refractivity contribution in [2.45, 2.75) is 30.4 Å². The van der Waals surface area contributed by atoms with Crippen LogP contribution in [-0.2, 0) is 9.59 Å². The molecule has 0 fully saturated rings. The van der Waals surface area contributed by atoms with E-state index >= 15 is 0 Å². The molecule has 3 N–H and O–H groups in total. The molecule has 0 saturated carbocycles. The molecule has 44 heavy (non-hydrogen) atoms. The third-order valence-electron chi connectivity index (χ3n) is 6.28. The summed E-state index contributed by atoms with van der Waals surface area (Å²) in [5, 5.41) is 8.69. The van der Waals surface area contributed by atoms with Gasteiger partial charge in [0, 0.05) is 21.8 Å². The Morgan fingerprint density at radius 2 is 1.57 bits per heavy atom. The minimum absolute atomic E-state index is 0.0257. The maximum atomic E-state index is 13.5. The molecule has 4 aromatic rings. The van der Waals surface area contributed by atoms with Gasteiger partial charge in [0.05, 0.1) is 21.9 Å². The molecule has 4 aromatic carbocycles. The van der Waals surface area contributed by atoms with E-state index in [-0.39, 0.29) is 21.9 Å². The molecule has 1 unspecified atom stereocenters. The van der Waals surface area contributed by atoms with Crippen LogP contribution in [0.1, 0.15) is 36.2 Å². The Hall–Kier alpha value is -4.24. The summed E-state index contributed by atoms with van der Waals surface area (Å²) in [5.74, 6) is -0.422. The highest BCUT2D eigenvalue weighted by molar-refractivity contribution is 8.00.